The Labute approximate surface area is 113 Å². The van der Waals surface area contributed by atoms with E-state index in [0.717, 1.165) is 6.42 Å². The van der Waals surface area contributed by atoms with Gasteiger partial charge in [-0.1, -0.05) is 19.1 Å². The van der Waals surface area contributed by atoms with E-state index in [-0.39, 0.29) is 42.5 Å². The molecule has 104 valence electrons. The van der Waals surface area contributed by atoms with Crippen molar-refractivity contribution in [2.45, 2.75) is 32.6 Å². The molecule has 1 fully saturated rings. The van der Waals surface area contributed by atoms with Gasteiger partial charge in [-0.3, -0.25) is 19.3 Å². The molecule has 0 unspecified atom stereocenters. The molecule has 2 rings (SSSR count). The van der Waals surface area contributed by atoms with Crippen molar-refractivity contribution in [1.29, 1.82) is 0 Å². The summed E-state index contributed by atoms with van der Waals surface area (Å²) in [5.74, 6) is -0.715. The van der Waals surface area contributed by atoms with E-state index in [4.69, 9.17) is 0 Å². The van der Waals surface area contributed by atoms with Crippen LogP contribution in [0.5, 0.6) is 0 Å². The third-order valence-electron chi connectivity index (χ3n) is 3.73. The van der Waals surface area contributed by atoms with Crippen LogP contribution in [0.4, 0.5) is 0 Å². The van der Waals surface area contributed by atoms with Crippen LogP contribution in [-0.2, 0) is 14.4 Å². The van der Waals surface area contributed by atoms with Gasteiger partial charge in [0.2, 0.25) is 17.7 Å². The minimum atomic E-state index is -0.198. The molecule has 3 amide bonds. The monoisotopic (exact) mass is 264 g/mol. The van der Waals surface area contributed by atoms with E-state index in [1.807, 2.05) is 19.1 Å². The number of carbonyl (C=O) groups excluding carboxylic acids is 3. The molecule has 0 aromatic heterocycles. The molecule has 5 heteroatoms. The molecular weight excluding hydrogens is 244 g/mol. The summed E-state index contributed by atoms with van der Waals surface area (Å²) in [6.07, 6.45) is 6.29. The average Bonchev–Trinajstić information content (AvgIpc) is 2.67. The summed E-state index contributed by atoms with van der Waals surface area (Å²) in [7, 11) is 0. The lowest BCUT2D eigenvalue weighted by molar-refractivity contribution is -0.140. The van der Waals surface area contributed by atoms with Crippen molar-refractivity contribution < 1.29 is 14.4 Å². The van der Waals surface area contributed by atoms with Crippen molar-refractivity contribution in [3.63, 3.8) is 0 Å². The van der Waals surface area contributed by atoms with Gasteiger partial charge in [0.05, 0.1) is 11.8 Å². The molecule has 0 aromatic carbocycles. The van der Waals surface area contributed by atoms with E-state index < -0.39 is 0 Å². The van der Waals surface area contributed by atoms with E-state index in [9.17, 15) is 14.4 Å². The fourth-order valence-electron chi connectivity index (χ4n) is 2.66. The number of hydrogen-bond donors (Lipinski definition) is 1. The summed E-state index contributed by atoms with van der Waals surface area (Å²) < 4.78 is 0. The first-order valence-electron chi connectivity index (χ1n) is 6.92. The second-order valence-electron chi connectivity index (χ2n) is 5.08. The predicted octanol–water partition coefficient (Wildman–Crippen LogP) is 0.854. The number of hydrogen-bond acceptors (Lipinski definition) is 3. The number of amides is 3. The largest absolute Gasteiger partial charge is 0.356 e. The first-order chi connectivity index (χ1) is 9.15. The predicted molar refractivity (Wildman–Crippen MR) is 70.0 cm³/mol. The van der Waals surface area contributed by atoms with Crippen LogP contribution in [-0.4, -0.2) is 35.7 Å². The molecule has 1 saturated heterocycles. The molecule has 1 aliphatic heterocycles. The lowest BCUT2D eigenvalue weighted by Gasteiger charge is -2.14. The van der Waals surface area contributed by atoms with Gasteiger partial charge >= 0.3 is 0 Å². The highest BCUT2D eigenvalue weighted by molar-refractivity contribution is 6.05. The summed E-state index contributed by atoms with van der Waals surface area (Å²) in [6.45, 7) is 2.82. The first kappa shape index (κ1) is 13.8. The first-order valence-corrected chi connectivity index (χ1v) is 6.92. The van der Waals surface area contributed by atoms with Gasteiger partial charge < -0.3 is 5.32 Å². The number of imide groups is 1. The van der Waals surface area contributed by atoms with E-state index in [1.54, 1.807) is 0 Å². The second-order valence-corrected chi connectivity index (χ2v) is 5.08. The Morgan fingerprint density at radius 2 is 1.84 bits per heavy atom. The summed E-state index contributed by atoms with van der Waals surface area (Å²) in [6, 6.07) is 0. The van der Waals surface area contributed by atoms with Crippen molar-refractivity contribution in [3.8, 4) is 0 Å². The van der Waals surface area contributed by atoms with Gasteiger partial charge in [-0.2, -0.15) is 0 Å². The zero-order chi connectivity index (χ0) is 13.8. The highest BCUT2D eigenvalue weighted by Crippen LogP contribution is 2.34. The Balaban J connectivity index is 1.89. The minimum absolute atomic E-state index is 0.101. The number of fused-ring (bicyclic) bond motifs is 1. The molecule has 19 heavy (non-hydrogen) atoms. The lowest BCUT2D eigenvalue weighted by atomic mass is 9.85. The molecule has 5 nitrogen and oxygen atoms in total. The normalized spacial score (nSPS) is 25.6. The summed E-state index contributed by atoms with van der Waals surface area (Å²) in [5.41, 5.74) is 0. The highest BCUT2D eigenvalue weighted by atomic mass is 16.2. The zero-order valence-electron chi connectivity index (χ0n) is 11.2. The third kappa shape index (κ3) is 2.85. The quantitative estimate of drug-likeness (QED) is 0.591. The summed E-state index contributed by atoms with van der Waals surface area (Å²) in [4.78, 5) is 37.0. The van der Waals surface area contributed by atoms with Crippen LogP contribution in [0.1, 0.15) is 32.6 Å². The number of carbonyl (C=O) groups is 3. The van der Waals surface area contributed by atoms with Gasteiger partial charge in [0, 0.05) is 19.5 Å². The standard InChI is InChI=1S/C14H20N2O3/c1-2-8-15-12(17)7-9-16-13(18)10-5-3-4-6-11(10)14(16)19/h3-4,10-11H,2,5-9H2,1H3,(H,15,17)/t10-,11+. The maximum absolute atomic E-state index is 12.1. The second kappa shape index (κ2) is 5.99. The lowest BCUT2D eigenvalue weighted by Crippen LogP contribution is -2.35. The maximum Gasteiger partial charge on any atom is 0.233 e. The number of nitrogens with zero attached hydrogens (tertiary/aromatic N) is 1. The minimum Gasteiger partial charge on any atom is -0.356 e. The highest BCUT2D eigenvalue weighted by Gasteiger charge is 2.46. The topological polar surface area (TPSA) is 66.5 Å². The third-order valence-corrected chi connectivity index (χ3v) is 3.73. The fraction of sp³-hybridized carbons (Fsp3) is 0.643. The van der Waals surface area contributed by atoms with E-state index >= 15 is 0 Å². The van der Waals surface area contributed by atoms with Crippen molar-refractivity contribution in [3.05, 3.63) is 12.2 Å². The molecule has 1 aliphatic carbocycles. The Hall–Kier alpha value is -1.65. The number of likely N-dealkylation sites (tertiary alicyclic amines) is 1. The Morgan fingerprint density at radius 1 is 1.26 bits per heavy atom. The number of rotatable bonds is 5. The van der Waals surface area contributed by atoms with E-state index in [0.29, 0.717) is 19.4 Å². The summed E-state index contributed by atoms with van der Waals surface area (Å²) in [5, 5.41) is 2.75. The van der Waals surface area contributed by atoms with Crippen LogP contribution in [0.3, 0.4) is 0 Å². The molecule has 0 spiro atoms. The number of allylic oxidation sites excluding steroid dienone is 2. The average molecular weight is 264 g/mol. The van der Waals surface area contributed by atoms with Crippen molar-refractivity contribution in [2.75, 3.05) is 13.1 Å². The maximum atomic E-state index is 12.1. The van der Waals surface area contributed by atoms with Gasteiger partial charge in [0.25, 0.3) is 0 Å². The van der Waals surface area contributed by atoms with Crippen LogP contribution < -0.4 is 5.32 Å². The van der Waals surface area contributed by atoms with Crippen LogP contribution in [0, 0.1) is 11.8 Å². The van der Waals surface area contributed by atoms with Crippen molar-refractivity contribution >= 4 is 17.7 Å². The van der Waals surface area contributed by atoms with Crippen LogP contribution in [0.15, 0.2) is 12.2 Å². The molecule has 2 atom stereocenters. The summed E-state index contributed by atoms with van der Waals surface area (Å²) >= 11 is 0. The van der Waals surface area contributed by atoms with Crippen LogP contribution in [0.25, 0.3) is 0 Å². The Bertz CT molecular complexity index is 391. The molecular formula is C14H20N2O3. The zero-order valence-corrected chi connectivity index (χ0v) is 11.2. The van der Waals surface area contributed by atoms with Gasteiger partial charge in [-0.15, -0.1) is 0 Å². The van der Waals surface area contributed by atoms with E-state index in [1.165, 1.54) is 4.90 Å². The molecule has 0 aromatic rings. The molecule has 0 saturated carbocycles. The smallest absolute Gasteiger partial charge is 0.233 e. The molecule has 0 bridgehead atoms. The SMILES string of the molecule is CCCNC(=O)CCN1C(=O)[C@H]2CC=CC[C@H]2C1=O. The Kier molecular flexibility index (Phi) is 4.35. The van der Waals surface area contributed by atoms with Crippen molar-refractivity contribution in [2.24, 2.45) is 11.8 Å². The molecule has 1 N–H and O–H groups in total. The number of nitrogens with one attached hydrogen (secondary N) is 1. The van der Waals surface area contributed by atoms with Gasteiger partial charge in [-0.25, -0.2) is 0 Å². The van der Waals surface area contributed by atoms with E-state index in [2.05, 4.69) is 5.32 Å². The van der Waals surface area contributed by atoms with Gasteiger partial charge in [0.1, 0.15) is 0 Å². The Morgan fingerprint density at radius 3 is 2.37 bits per heavy atom. The van der Waals surface area contributed by atoms with Gasteiger partial charge in [0.15, 0.2) is 0 Å². The van der Waals surface area contributed by atoms with Crippen LogP contribution >= 0.6 is 0 Å². The van der Waals surface area contributed by atoms with Crippen LogP contribution in [0.2, 0.25) is 0 Å². The molecule has 1 heterocycles. The van der Waals surface area contributed by atoms with Crippen molar-refractivity contribution in [1.82, 2.24) is 10.2 Å². The molecule has 0 radical (unpaired) electrons. The van der Waals surface area contributed by atoms with Gasteiger partial charge in [-0.05, 0) is 19.3 Å². The molecule has 2 aliphatic rings. The fourth-order valence-corrected chi connectivity index (χ4v) is 2.66.